The van der Waals surface area contributed by atoms with Gasteiger partial charge >= 0.3 is 0 Å². The highest BCUT2D eigenvalue weighted by Gasteiger charge is 2.16. The fraction of sp³-hybridized carbons (Fsp3) is 0.500. The number of nitrogens with one attached hydrogen (secondary N) is 1. The van der Waals surface area contributed by atoms with Gasteiger partial charge in [-0.2, -0.15) is 0 Å². The summed E-state index contributed by atoms with van der Waals surface area (Å²) < 4.78 is 0. The first-order chi connectivity index (χ1) is 8.40. The zero-order valence-corrected chi connectivity index (χ0v) is 12.2. The van der Waals surface area contributed by atoms with Crippen LogP contribution in [0.4, 0.5) is 0 Å². The Morgan fingerprint density at radius 3 is 2.33 bits per heavy atom. The van der Waals surface area contributed by atoms with Gasteiger partial charge in [-0.1, -0.05) is 23.7 Å². The lowest BCUT2D eigenvalue weighted by molar-refractivity contribution is -0.130. The van der Waals surface area contributed by atoms with E-state index in [1.54, 1.807) is 19.0 Å². The summed E-state index contributed by atoms with van der Waals surface area (Å²) in [5.41, 5.74) is 1.21. The fourth-order valence-electron chi connectivity index (χ4n) is 1.92. The van der Waals surface area contributed by atoms with E-state index in [0.29, 0.717) is 0 Å². The number of amides is 1. The van der Waals surface area contributed by atoms with Crippen molar-refractivity contribution in [2.75, 3.05) is 14.1 Å². The maximum Gasteiger partial charge on any atom is 0.238 e. The molecule has 1 rings (SSSR count). The predicted molar refractivity (Wildman–Crippen MR) is 75.9 cm³/mol. The first-order valence-corrected chi connectivity index (χ1v) is 6.49. The molecule has 0 aliphatic rings. The molecule has 0 fully saturated rings. The molecular weight excluding hydrogens is 248 g/mol. The Hall–Kier alpha value is -1.06. The van der Waals surface area contributed by atoms with Crippen molar-refractivity contribution in [2.24, 2.45) is 0 Å². The molecule has 0 aliphatic heterocycles. The van der Waals surface area contributed by atoms with E-state index in [2.05, 4.69) is 12.2 Å². The van der Waals surface area contributed by atoms with Crippen molar-refractivity contribution >= 4 is 17.5 Å². The molecule has 0 saturated heterocycles. The maximum atomic E-state index is 11.7. The monoisotopic (exact) mass is 268 g/mol. The lowest BCUT2D eigenvalue weighted by atomic mass is 10.1. The molecule has 1 aromatic rings. The third-order valence-electron chi connectivity index (χ3n) is 2.80. The molecule has 0 aliphatic carbocycles. The van der Waals surface area contributed by atoms with Crippen LogP contribution in [0.3, 0.4) is 0 Å². The van der Waals surface area contributed by atoms with Gasteiger partial charge in [0.05, 0.1) is 6.04 Å². The van der Waals surface area contributed by atoms with Crippen LogP contribution >= 0.6 is 11.6 Å². The lowest BCUT2D eigenvalue weighted by Crippen LogP contribution is -2.45. The highest BCUT2D eigenvalue weighted by atomic mass is 35.5. The van der Waals surface area contributed by atoms with E-state index in [0.717, 1.165) is 11.4 Å². The zero-order chi connectivity index (χ0) is 13.7. The quantitative estimate of drug-likeness (QED) is 0.889. The van der Waals surface area contributed by atoms with Gasteiger partial charge in [0.2, 0.25) is 5.91 Å². The van der Waals surface area contributed by atoms with Gasteiger partial charge in [-0.25, -0.2) is 0 Å². The molecule has 1 N–H and O–H groups in total. The van der Waals surface area contributed by atoms with E-state index in [9.17, 15) is 4.79 Å². The number of halogens is 1. The minimum Gasteiger partial charge on any atom is -0.347 e. The molecular formula is C14H21ClN2O. The first-order valence-electron chi connectivity index (χ1n) is 6.12. The molecule has 2 unspecified atom stereocenters. The number of benzene rings is 1. The Morgan fingerprint density at radius 2 is 1.83 bits per heavy atom. The molecule has 0 heterocycles. The second-order valence-electron chi connectivity index (χ2n) is 4.85. The number of carbonyl (C=O) groups is 1. The molecule has 0 saturated carbocycles. The second-order valence-corrected chi connectivity index (χ2v) is 5.29. The van der Waals surface area contributed by atoms with Gasteiger partial charge < -0.3 is 10.2 Å². The van der Waals surface area contributed by atoms with Gasteiger partial charge in [-0.05, 0) is 38.0 Å². The molecule has 0 radical (unpaired) electrons. The number of nitrogens with zero attached hydrogens (tertiary/aromatic N) is 1. The lowest BCUT2D eigenvalue weighted by Gasteiger charge is -2.22. The SMILES string of the molecule is CC(Cc1ccc(Cl)cc1)NC(C)C(=O)N(C)C. The average molecular weight is 269 g/mol. The van der Waals surface area contributed by atoms with Crippen LogP contribution in [0, 0.1) is 0 Å². The zero-order valence-electron chi connectivity index (χ0n) is 11.4. The molecule has 0 aromatic heterocycles. The Balaban J connectivity index is 2.48. The molecule has 100 valence electrons. The fourth-order valence-corrected chi connectivity index (χ4v) is 2.04. The third kappa shape index (κ3) is 4.67. The van der Waals surface area contributed by atoms with E-state index in [1.807, 2.05) is 31.2 Å². The Labute approximate surface area is 114 Å². The van der Waals surface area contributed by atoms with Crippen molar-refractivity contribution in [1.82, 2.24) is 10.2 Å². The molecule has 18 heavy (non-hydrogen) atoms. The number of hydrogen-bond acceptors (Lipinski definition) is 2. The topological polar surface area (TPSA) is 32.3 Å². The smallest absolute Gasteiger partial charge is 0.238 e. The molecule has 3 nitrogen and oxygen atoms in total. The van der Waals surface area contributed by atoms with Crippen LogP contribution < -0.4 is 5.32 Å². The summed E-state index contributed by atoms with van der Waals surface area (Å²) in [7, 11) is 3.54. The predicted octanol–water partition coefficient (Wildman–Crippen LogP) is 2.34. The van der Waals surface area contributed by atoms with Crippen LogP contribution in [-0.4, -0.2) is 37.0 Å². The molecule has 1 aromatic carbocycles. The van der Waals surface area contributed by atoms with Crippen LogP contribution in [0.15, 0.2) is 24.3 Å². The van der Waals surface area contributed by atoms with Crippen LogP contribution in [0.2, 0.25) is 5.02 Å². The van der Waals surface area contributed by atoms with Crippen molar-refractivity contribution < 1.29 is 4.79 Å². The van der Waals surface area contributed by atoms with E-state index < -0.39 is 0 Å². The highest BCUT2D eigenvalue weighted by Crippen LogP contribution is 2.11. The van der Waals surface area contributed by atoms with Crippen molar-refractivity contribution in [1.29, 1.82) is 0 Å². The van der Waals surface area contributed by atoms with Gasteiger partial charge in [0, 0.05) is 25.2 Å². The third-order valence-corrected chi connectivity index (χ3v) is 3.05. The maximum absolute atomic E-state index is 11.7. The van der Waals surface area contributed by atoms with Gasteiger partial charge in [0.15, 0.2) is 0 Å². The summed E-state index contributed by atoms with van der Waals surface area (Å²) in [5.74, 6) is 0.0953. The standard InChI is InChI=1S/C14H21ClN2O/c1-10(16-11(2)14(18)17(3)4)9-12-5-7-13(15)8-6-12/h5-8,10-11,16H,9H2,1-4H3. The van der Waals surface area contributed by atoms with Crippen LogP contribution in [-0.2, 0) is 11.2 Å². The van der Waals surface area contributed by atoms with Crippen LogP contribution in [0.25, 0.3) is 0 Å². The van der Waals surface area contributed by atoms with E-state index in [1.165, 1.54) is 5.56 Å². The van der Waals surface area contributed by atoms with E-state index >= 15 is 0 Å². The van der Waals surface area contributed by atoms with Crippen molar-refractivity contribution in [3.63, 3.8) is 0 Å². The molecule has 4 heteroatoms. The Bertz CT molecular complexity index is 389. The van der Waals surface area contributed by atoms with Crippen LogP contribution in [0.1, 0.15) is 19.4 Å². The van der Waals surface area contributed by atoms with Gasteiger partial charge in [0.25, 0.3) is 0 Å². The molecule has 1 amide bonds. The van der Waals surface area contributed by atoms with E-state index in [4.69, 9.17) is 11.6 Å². The van der Waals surface area contributed by atoms with Gasteiger partial charge in [0.1, 0.15) is 0 Å². The normalized spacial score (nSPS) is 14.1. The average Bonchev–Trinajstić information content (AvgIpc) is 2.30. The number of rotatable bonds is 5. The molecule has 2 atom stereocenters. The van der Waals surface area contributed by atoms with Gasteiger partial charge in [-0.3, -0.25) is 4.79 Å². The van der Waals surface area contributed by atoms with E-state index in [-0.39, 0.29) is 18.0 Å². The minimum atomic E-state index is -0.165. The Morgan fingerprint density at radius 1 is 1.28 bits per heavy atom. The van der Waals surface area contributed by atoms with Crippen molar-refractivity contribution in [2.45, 2.75) is 32.4 Å². The largest absolute Gasteiger partial charge is 0.347 e. The Kier molecular flexibility index (Phi) is 5.63. The summed E-state index contributed by atoms with van der Waals surface area (Å²) >= 11 is 5.84. The second kappa shape index (κ2) is 6.76. The minimum absolute atomic E-state index is 0.0953. The van der Waals surface area contributed by atoms with Gasteiger partial charge in [-0.15, -0.1) is 0 Å². The molecule has 0 spiro atoms. The van der Waals surface area contributed by atoms with Crippen LogP contribution in [0.5, 0.6) is 0 Å². The summed E-state index contributed by atoms with van der Waals surface area (Å²) in [6, 6.07) is 7.88. The van der Waals surface area contributed by atoms with Crippen molar-refractivity contribution in [3.05, 3.63) is 34.9 Å². The summed E-state index contributed by atoms with van der Waals surface area (Å²) in [5, 5.41) is 4.05. The number of hydrogen-bond donors (Lipinski definition) is 1. The number of carbonyl (C=O) groups excluding carboxylic acids is 1. The summed E-state index contributed by atoms with van der Waals surface area (Å²) in [4.78, 5) is 13.3. The molecule has 0 bridgehead atoms. The summed E-state index contributed by atoms with van der Waals surface area (Å²) in [6.07, 6.45) is 0.877. The van der Waals surface area contributed by atoms with Crippen molar-refractivity contribution in [3.8, 4) is 0 Å². The summed E-state index contributed by atoms with van der Waals surface area (Å²) in [6.45, 7) is 3.97. The first kappa shape index (κ1) is 15.0. The highest BCUT2D eigenvalue weighted by molar-refractivity contribution is 6.30. The number of likely N-dealkylation sites (N-methyl/N-ethyl adjacent to an activating group) is 1.